The summed E-state index contributed by atoms with van der Waals surface area (Å²) < 4.78 is 0. The zero-order chi connectivity index (χ0) is 35.0. The third kappa shape index (κ3) is 5.75. The first-order valence-electron chi connectivity index (χ1n) is 18.6. The Balaban J connectivity index is 1.22. The van der Waals surface area contributed by atoms with Gasteiger partial charge in [0.1, 0.15) is 0 Å². The van der Waals surface area contributed by atoms with Gasteiger partial charge in [0.25, 0.3) is 0 Å². The number of fused-ring (bicyclic) bond motifs is 1. The number of thioether (sulfide) groups is 1. The summed E-state index contributed by atoms with van der Waals surface area (Å²) in [6, 6.07) is 27.4. The minimum atomic E-state index is -0.410. The monoisotopic (exact) mass is 681 g/mol. The van der Waals surface area contributed by atoms with E-state index in [1.54, 1.807) is 5.57 Å². The van der Waals surface area contributed by atoms with Gasteiger partial charge in [-0.25, -0.2) is 0 Å². The highest BCUT2D eigenvalue weighted by Gasteiger charge is 2.49. The smallest absolute Gasteiger partial charge is 0.0761 e. The zero-order valence-electron chi connectivity index (χ0n) is 30.3. The molecule has 3 aliphatic carbocycles. The molecule has 0 amide bonds. The van der Waals surface area contributed by atoms with E-state index in [4.69, 9.17) is 0 Å². The fourth-order valence-corrected chi connectivity index (χ4v) is 10.0. The summed E-state index contributed by atoms with van der Waals surface area (Å²) in [6.45, 7) is 9.22. The van der Waals surface area contributed by atoms with Crippen molar-refractivity contribution in [1.29, 1.82) is 0 Å². The molecule has 2 atom stereocenters. The van der Waals surface area contributed by atoms with Crippen molar-refractivity contribution in [2.45, 2.75) is 76.2 Å². The Kier molecular flexibility index (Phi) is 9.21. The fourth-order valence-electron chi connectivity index (χ4n) is 8.72. The lowest BCUT2D eigenvalue weighted by Crippen LogP contribution is -2.42. The Morgan fingerprint density at radius 1 is 0.922 bits per heavy atom. The Morgan fingerprint density at radius 2 is 1.76 bits per heavy atom. The van der Waals surface area contributed by atoms with Gasteiger partial charge in [-0.05, 0) is 114 Å². The first-order valence-corrected chi connectivity index (χ1v) is 19.4. The molecule has 0 saturated heterocycles. The van der Waals surface area contributed by atoms with Gasteiger partial charge in [0, 0.05) is 27.6 Å². The number of allylic oxidation sites excluding steroid dienone is 15. The minimum Gasteiger partial charge on any atom is -0.334 e. The third-order valence-corrected chi connectivity index (χ3v) is 12.4. The lowest BCUT2D eigenvalue weighted by atomic mass is 9.61. The average molecular weight is 682 g/mol. The summed E-state index contributed by atoms with van der Waals surface area (Å²) in [5, 5.41) is 0. The largest absolute Gasteiger partial charge is 0.334 e. The molecule has 0 bridgehead atoms. The second-order valence-corrected chi connectivity index (χ2v) is 15.4. The van der Waals surface area contributed by atoms with Crippen LogP contribution in [-0.4, -0.2) is 10.9 Å². The summed E-state index contributed by atoms with van der Waals surface area (Å²) >= 11 is 1.96. The van der Waals surface area contributed by atoms with E-state index in [9.17, 15) is 0 Å². The quantitative estimate of drug-likeness (QED) is 0.196. The van der Waals surface area contributed by atoms with Crippen LogP contribution in [0.1, 0.15) is 69.6 Å². The average Bonchev–Trinajstić information content (AvgIpc) is 3.93. The SMILES string of the molecule is CCC/C=C\C=C(/C)C1(c2ccccc2C)C2=C(C=C(/C(C)=C/C=C\C3C4=C(C=CC4)N3C3=CC=CC3)C2)Sc2cccc(-c3ccccc3)c21. The van der Waals surface area contributed by atoms with Crippen LogP contribution in [0.25, 0.3) is 11.1 Å². The zero-order valence-corrected chi connectivity index (χ0v) is 31.1. The topological polar surface area (TPSA) is 3.24 Å². The van der Waals surface area contributed by atoms with Crippen molar-refractivity contribution in [1.82, 2.24) is 4.90 Å². The molecule has 0 saturated carbocycles. The van der Waals surface area contributed by atoms with Crippen molar-refractivity contribution >= 4 is 11.8 Å². The Morgan fingerprint density at radius 3 is 2.57 bits per heavy atom. The lowest BCUT2D eigenvalue weighted by molar-refractivity contribution is 0.338. The van der Waals surface area contributed by atoms with E-state index >= 15 is 0 Å². The Labute approximate surface area is 309 Å². The molecular formula is C49H47NS. The number of aryl methyl sites for hydroxylation is 1. The highest BCUT2D eigenvalue weighted by Crippen LogP contribution is 2.62. The van der Waals surface area contributed by atoms with Crippen molar-refractivity contribution in [3.8, 4) is 11.1 Å². The summed E-state index contributed by atoms with van der Waals surface area (Å²) in [7, 11) is 0. The van der Waals surface area contributed by atoms with E-state index in [0.717, 1.165) is 32.1 Å². The standard InChI is InChI=1S/C49H47NS/c1-5-6-7-9-21-36(4)49(42-28-15-12-19-35(42)3)43-32-38(33-47(43)51-46-31-18-26-40(48(46)49)37-22-10-8-11-23-37)34(2)20-16-29-44-41-27-17-30-45(41)50(44)39-24-13-14-25-39/h7-24,26,28-31,33,44H,5-6,25,27,32H2,1-4H3/b9-7-,29-16-,34-20+,36-21+. The molecule has 2 heterocycles. The molecule has 5 aliphatic rings. The highest BCUT2D eigenvalue weighted by atomic mass is 32.2. The highest BCUT2D eigenvalue weighted by molar-refractivity contribution is 8.03. The normalized spacial score (nSPS) is 22.6. The van der Waals surface area contributed by atoms with Crippen molar-refractivity contribution in [2.24, 2.45) is 0 Å². The van der Waals surface area contributed by atoms with Gasteiger partial charge in [0.05, 0.1) is 11.5 Å². The van der Waals surface area contributed by atoms with Gasteiger partial charge in [-0.1, -0.05) is 152 Å². The molecule has 254 valence electrons. The lowest BCUT2D eigenvalue weighted by Gasteiger charge is -2.44. The second kappa shape index (κ2) is 14.1. The van der Waals surface area contributed by atoms with Crippen LogP contribution < -0.4 is 0 Å². The molecule has 0 spiro atoms. The maximum absolute atomic E-state index is 2.52. The van der Waals surface area contributed by atoms with Crippen LogP contribution in [0.15, 0.2) is 195 Å². The number of benzene rings is 3. The summed E-state index contributed by atoms with van der Waals surface area (Å²) in [5.41, 5.74) is 16.3. The molecule has 1 nitrogen and oxygen atoms in total. The molecule has 0 N–H and O–H groups in total. The molecule has 2 unspecified atom stereocenters. The van der Waals surface area contributed by atoms with E-state index in [0.29, 0.717) is 6.04 Å². The summed E-state index contributed by atoms with van der Waals surface area (Å²) in [6.07, 6.45) is 33.2. The van der Waals surface area contributed by atoms with E-state index in [-0.39, 0.29) is 0 Å². The number of hydrogen-bond donors (Lipinski definition) is 0. The summed E-state index contributed by atoms with van der Waals surface area (Å²) in [4.78, 5) is 5.26. The molecule has 0 fully saturated rings. The van der Waals surface area contributed by atoms with E-state index in [1.165, 1.54) is 71.3 Å². The molecule has 51 heavy (non-hydrogen) atoms. The van der Waals surface area contributed by atoms with E-state index in [1.807, 2.05) is 11.8 Å². The summed E-state index contributed by atoms with van der Waals surface area (Å²) in [5.74, 6) is 0. The van der Waals surface area contributed by atoms with Gasteiger partial charge in [0.2, 0.25) is 0 Å². The van der Waals surface area contributed by atoms with Gasteiger partial charge >= 0.3 is 0 Å². The molecule has 2 aliphatic heterocycles. The van der Waals surface area contributed by atoms with Crippen LogP contribution >= 0.6 is 11.8 Å². The predicted octanol–water partition coefficient (Wildman–Crippen LogP) is 13.2. The van der Waals surface area contributed by atoms with Crippen molar-refractivity contribution in [3.05, 3.63) is 207 Å². The van der Waals surface area contributed by atoms with Crippen LogP contribution in [0, 0.1) is 6.92 Å². The van der Waals surface area contributed by atoms with Crippen molar-refractivity contribution < 1.29 is 0 Å². The first-order chi connectivity index (χ1) is 25.0. The Bertz CT molecular complexity index is 2190. The molecule has 2 heteroatoms. The van der Waals surface area contributed by atoms with Gasteiger partial charge in [-0.15, -0.1) is 0 Å². The molecule has 0 aromatic heterocycles. The molecule has 0 radical (unpaired) electrons. The van der Waals surface area contributed by atoms with Crippen molar-refractivity contribution in [2.75, 3.05) is 0 Å². The maximum atomic E-state index is 2.52. The third-order valence-electron chi connectivity index (χ3n) is 11.3. The number of nitrogens with zero attached hydrogens (tertiary/aromatic N) is 1. The first kappa shape index (κ1) is 33.4. The molecule has 3 aromatic carbocycles. The number of hydrogen-bond acceptors (Lipinski definition) is 2. The van der Waals surface area contributed by atoms with E-state index in [2.05, 4.69) is 178 Å². The van der Waals surface area contributed by atoms with Gasteiger partial charge in [-0.2, -0.15) is 0 Å². The van der Waals surface area contributed by atoms with Gasteiger partial charge in [-0.3, -0.25) is 0 Å². The van der Waals surface area contributed by atoms with E-state index < -0.39 is 5.41 Å². The molecule has 3 aromatic rings. The Hall–Kier alpha value is -4.79. The van der Waals surface area contributed by atoms with Gasteiger partial charge < -0.3 is 4.90 Å². The van der Waals surface area contributed by atoms with Crippen LogP contribution in [-0.2, 0) is 5.41 Å². The number of unbranched alkanes of at least 4 members (excludes halogenated alkanes) is 1. The second-order valence-electron chi connectivity index (χ2n) is 14.3. The maximum Gasteiger partial charge on any atom is 0.0761 e. The fraction of sp³-hybridized carbons (Fsp3) is 0.224. The van der Waals surface area contributed by atoms with Crippen LogP contribution in [0.4, 0.5) is 0 Å². The number of rotatable bonds is 10. The van der Waals surface area contributed by atoms with Crippen LogP contribution in [0.2, 0.25) is 0 Å². The molecule has 8 rings (SSSR count). The van der Waals surface area contributed by atoms with Gasteiger partial charge in [0.15, 0.2) is 0 Å². The minimum absolute atomic E-state index is 0.345. The molecular weight excluding hydrogens is 635 g/mol. The van der Waals surface area contributed by atoms with Crippen LogP contribution in [0.5, 0.6) is 0 Å². The van der Waals surface area contributed by atoms with Crippen LogP contribution in [0.3, 0.4) is 0 Å². The predicted molar refractivity (Wildman–Crippen MR) is 218 cm³/mol. The van der Waals surface area contributed by atoms with Crippen molar-refractivity contribution in [3.63, 3.8) is 0 Å².